The summed E-state index contributed by atoms with van der Waals surface area (Å²) in [7, 11) is 3.37. The molecular weight excluding hydrogens is 104 g/mol. The van der Waals surface area contributed by atoms with Gasteiger partial charge in [-0.05, 0) is 6.92 Å². The summed E-state index contributed by atoms with van der Waals surface area (Å²) in [4.78, 5) is 3.76. The van der Waals surface area contributed by atoms with E-state index < -0.39 is 6.10 Å². The molecule has 0 aliphatic heterocycles. The van der Waals surface area contributed by atoms with Crippen LogP contribution in [-0.2, 0) is 0 Å². The first-order valence-corrected chi connectivity index (χ1v) is 2.55. The third-order valence-electron chi connectivity index (χ3n) is 0.893. The molecule has 0 fully saturated rings. The maximum atomic E-state index is 8.82. The van der Waals surface area contributed by atoms with Crippen molar-refractivity contribution in [2.75, 3.05) is 14.1 Å². The molecule has 0 bridgehead atoms. The fourth-order valence-corrected chi connectivity index (χ4v) is 0.508. The zero-order valence-corrected chi connectivity index (χ0v) is 5.47. The van der Waals surface area contributed by atoms with E-state index in [1.807, 2.05) is 0 Å². The Labute approximate surface area is 49.4 Å². The highest BCUT2D eigenvalue weighted by molar-refractivity contribution is 5.85. The van der Waals surface area contributed by atoms with Gasteiger partial charge in [0.05, 0.1) is 0 Å². The molecule has 3 nitrogen and oxygen atoms in total. The lowest BCUT2D eigenvalue weighted by molar-refractivity contribution is 0.258. The Morgan fingerprint density at radius 2 is 2.25 bits per heavy atom. The molecule has 0 saturated carbocycles. The predicted molar refractivity (Wildman–Crippen MR) is 34.1 cm³/mol. The molecule has 3 heteroatoms. The monoisotopic (exact) mass is 116 g/mol. The van der Waals surface area contributed by atoms with Gasteiger partial charge in [0.2, 0.25) is 0 Å². The molecule has 0 aromatic carbocycles. The second-order valence-corrected chi connectivity index (χ2v) is 1.53. The van der Waals surface area contributed by atoms with Gasteiger partial charge in [-0.1, -0.05) is 0 Å². The molecule has 0 rings (SSSR count). The molecule has 0 saturated heterocycles. The molecule has 0 aromatic rings. The van der Waals surface area contributed by atoms with Crippen molar-refractivity contribution < 1.29 is 5.11 Å². The van der Waals surface area contributed by atoms with Crippen molar-refractivity contribution in [3.63, 3.8) is 0 Å². The van der Waals surface area contributed by atoms with Crippen LogP contribution in [0.4, 0.5) is 0 Å². The van der Waals surface area contributed by atoms with Crippen molar-refractivity contribution in [1.29, 1.82) is 0 Å². The van der Waals surface area contributed by atoms with Crippen molar-refractivity contribution in [3.8, 4) is 0 Å². The van der Waals surface area contributed by atoms with Crippen LogP contribution in [0.25, 0.3) is 0 Å². The van der Waals surface area contributed by atoms with Gasteiger partial charge >= 0.3 is 0 Å². The van der Waals surface area contributed by atoms with E-state index in [2.05, 4.69) is 10.3 Å². The lowest BCUT2D eigenvalue weighted by Crippen LogP contribution is -2.29. The van der Waals surface area contributed by atoms with E-state index in [4.69, 9.17) is 5.11 Å². The maximum Gasteiger partial charge on any atom is 0.125 e. The van der Waals surface area contributed by atoms with Gasteiger partial charge in [0.25, 0.3) is 0 Å². The molecule has 1 unspecified atom stereocenters. The first-order valence-electron chi connectivity index (χ1n) is 2.55. The highest BCUT2D eigenvalue weighted by Gasteiger charge is 1.99. The number of nitrogens with zero attached hydrogens (tertiary/aromatic N) is 1. The average Bonchev–Trinajstić information content (AvgIpc) is 1.69. The third kappa shape index (κ3) is 1.93. The van der Waals surface area contributed by atoms with E-state index in [0.29, 0.717) is 5.84 Å². The van der Waals surface area contributed by atoms with Crippen LogP contribution in [0.1, 0.15) is 6.92 Å². The Morgan fingerprint density at radius 3 is 2.25 bits per heavy atom. The van der Waals surface area contributed by atoms with E-state index in [-0.39, 0.29) is 0 Å². The van der Waals surface area contributed by atoms with E-state index in [9.17, 15) is 0 Å². The van der Waals surface area contributed by atoms with Crippen LogP contribution >= 0.6 is 0 Å². The fraction of sp³-hybridized carbons (Fsp3) is 0.800. The van der Waals surface area contributed by atoms with Crippen molar-refractivity contribution in [3.05, 3.63) is 0 Å². The normalized spacial score (nSPS) is 15.8. The van der Waals surface area contributed by atoms with Gasteiger partial charge in [-0.3, -0.25) is 4.99 Å². The zero-order valence-electron chi connectivity index (χ0n) is 5.47. The van der Waals surface area contributed by atoms with Gasteiger partial charge < -0.3 is 10.4 Å². The minimum atomic E-state index is -0.481. The van der Waals surface area contributed by atoms with Crippen LogP contribution in [0.5, 0.6) is 0 Å². The number of hydrogen-bond donors (Lipinski definition) is 2. The highest BCUT2D eigenvalue weighted by atomic mass is 16.3. The largest absolute Gasteiger partial charge is 0.386 e. The highest BCUT2D eigenvalue weighted by Crippen LogP contribution is 1.79. The Kier molecular flexibility index (Phi) is 3.19. The van der Waals surface area contributed by atoms with Crippen LogP contribution < -0.4 is 5.32 Å². The number of nitrogens with one attached hydrogen (secondary N) is 1. The number of aliphatic hydroxyl groups excluding tert-OH is 1. The van der Waals surface area contributed by atoms with E-state index in [1.54, 1.807) is 21.0 Å². The number of hydrogen-bond acceptors (Lipinski definition) is 2. The summed E-state index contributed by atoms with van der Waals surface area (Å²) < 4.78 is 0. The number of aliphatic imine (C=N–C) groups is 1. The molecule has 48 valence electrons. The number of rotatable bonds is 1. The molecule has 2 N–H and O–H groups in total. The fourth-order valence-electron chi connectivity index (χ4n) is 0.508. The third-order valence-corrected chi connectivity index (χ3v) is 0.893. The SMILES string of the molecule is CN=C(NC)C(C)O. The van der Waals surface area contributed by atoms with Gasteiger partial charge in [-0.15, -0.1) is 0 Å². The smallest absolute Gasteiger partial charge is 0.125 e. The van der Waals surface area contributed by atoms with Gasteiger partial charge in [0.1, 0.15) is 11.9 Å². The number of aliphatic hydroxyl groups is 1. The molecule has 0 aliphatic carbocycles. The minimum Gasteiger partial charge on any atom is -0.386 e. The molecule has 0 heterocycles. The summed E-state index contributed by atoms with van der Waals surface area (Å²) in [6, 6.07) is 0. The van der Waals surface area contributed by atoms with Crippen LogP contribution in [0.2, 0.25) is 0 Å². The molecule has 0 amide bonds. The van der Waals surface area contributed by atoms with Crippen molar-refractivity contribution in [2.24, 2.45) is 4.99 Å². The molecule has 0 aromatic heterocycles. The molecule has 0 spiro atoms. The quantitative estimate of drug-likeness (QED) is 0.362. The summed E-state index contributed by atoms with van der Waals surface area (Å²) in [5.41, 5.74) is 0. The van der Waals surface area contributed by atoms with Gasteiger partial charge in [0, 0.05) is 14.1 Å². The van der Waals surface area contributed by atoms with E-state index >= 15 is 0 Å². The Morgan fingerprint density at radius 1 is 1.75 bits per heavy atom. The molecule has 8 heavy (non-hydrogen) atoms. The second-order valence-electron chi connectivity index (χ2n) is 1.53. The first-order chi connectivity index (χ1) is 3.72. The summed E-state index contributed by atoms with van der Waals surface area (Å²) in [5, 5.41) is 11.6. The summed E-state index contributed by atoms with van der Waals surface area (Å²) in [6.07, 6.45) is -0.481. The first kappa shape index (κ1) is 7.43. The van der Waals surface area contributed by atoms with E-state index in [0.717, 1.165) is 0 Å². The van der Waals surface area contributed by atoms with Crippen molar-refractivity contribution in [1.82, 2.24) is 5.32 Å². The summed E-state index contributed by atoms with van der Waals surface area (Å²) in [5.74, 6) is 0.616. The lowest BCUT2D eigenvalue weighted by atomic mass is 10.4. The molecule has 0 aliphatic rings. The Hall–Kier alpha value is -0.570. The van der Waals surface area contributed by atoms with Gasteiger partial charge in [-0.2, -0.15) is 0 Å². The topological polar surface area (TPSA) is 44.6 Å². The Balaban J connectivity index is 3.72. The molecular formula is C5H12N2O. The zero-order chi connectivity index (χ0) is 6.57. The second kappa shape index (κ2) is 3.43. The molecule has 0 radical (unpaired) electrons. The standard InChI is InChI=1S/C5H12N2O/c1-4(8)5(6-2)7-3/h4,8H,1-3H3,(H,6,7). The van der Waals surface area contributed by atoms with Crippen molar-refractivity contribution >= 4 is 5.84 Å². The summed E-state index contributed by atoms with van der Waals surface area (Å²) in [6.45, 7) is 1.67. The number of likely N-dealkylation sites (N-methyl/N-ethyl adjacent to an activating group) is 1. The lowest BCUT2D eigenvalue weighted by Gasteiger charge is -2.05. The Bertz CT molecular complexity index is 88.4. The van der Waals surface area contributed by atoms with Crippen LogP contribution in [0.15, 0.2) is 4.99 Å². The van der Waals surface area contributed by atoms with Crippen molar-refractivity contribution in [2.45, 2.75) is 13.0 Å². The molecule has 1 atom stereocenters. The van der Waals surface area contributed by atoms with Gasteiger partial charge in [0.15, 0.2) is 0 Å². The summed E-state index contributed by atoms with van der Waals surface area (Å²) >= 11 is 0. The minimum absolute atomic E-state index is 0.481. The average molecular weight is 116 g/mol. The van der Waals surface area contributed by atoms with E-state index in [1.165, 1.54) is 0 Å². The maximum absolute atomic E-state index is 8.82. The van der Waals surface area contributed by atoms with Crippen LogP contribution in [0, 0.1) is 0 Å². The predicted octanol–water partition coefficient (Wildman–Crippen LogP) is -0.385. The van der Waals surface area contributed by atoms with Crippen LogP contribution in [-0.4, -0.2) is 31.1 Å². The van der Waals surface area contributed by atoms with Gasteiger partial charge in [-0.25, -0.2) is 0 Å². The van der Waals surface area contributed by atoms with Crippen LogP contribution in [0.3, 0.4) is 0 Å². The number of amidine groups is 1.